The summed E-state index contributed by atoms with van der Waals surface area (Å²) in [5, 5.41) is 6.71. The smallest absolute Gasteiger partial charge is 0.00233 e. The Bertz CT molecular complexity index is 83.9. The van der Waals surface area contributed by atoms with Gasteiger partial charge < -0.3 is 10.6 Å². The van der Waals surface area contributed by atoms with Crippen LogP contribution in [0.5, 0.6) is 0 Å². The molecule has 0 aromatic heterocycles. The van der Waals surface area contributed by atoms with E-state index in [0.29, 0.717) is 0 Å². The summed E-state index contributed by atoms with van der Waals surface area (Å²) < 4.78 is 0. The Hall–Kier alpha value is -0.0800. The Balaban J connectivity index is 3.02. The predicted octanol–water partition coefficient (Wildman–Crippen LogP) is 1.62. The van der Waals surface area contributed by atoms with E-state index < -0.39 is 0 Å². The van der Waals surface area contributed by atoms with E-state index >= 15 is 0 Å². The molecule has 0 aliphatic rings. The molecule has 1 atom stereocenters. The van der Waals surface area contributed by atoms with Crippen LogP contribution in [0.3, 0.4) is 0 Å². The molecule has 0 aliphatic carbocycles. The highest BCUT2D eigenvalue weighted by atomic mass is 14.8. The molecule has 1 unspecified atom stereocenters. The molecule has 0 aliphatic heterocycles. The fourth-order valence-electron chi connectivity index (χ4n) is 1.25. The van der Waals surface area contributed by atoms with E-state index in [-0.39, 0.29) is 0 Å². The number of hydrogen-bond donors (Lipinski definition) is 2. The molecule has 0 aromatic rings. The van der Waals surface area contributed by atoms with Gasteiger partial charge in [0.1, 0.15) is 0 Å². The van der Waals surface area contributed by atoms with Gasteiger partial charge in [-0.25, -0.2) is 0 Å². The van der Waals surface area contributed by atoms with Crippen molar-refractivity contribution in [3.8, 4) is 0 Å². The lowest BCUT2D eigenvalue weighted by Gasteiger charge is -2.11. The van der Waals surface area contributed by atoms with Crippen LogP contribution in [-0.2, 0) is 0 Å². The van der Waals surface area contributed by atoms with Crippen molar-refractivity contribution in [1.29, 1.82) is 0 Å². The lowest BCUT2D eigenvalue weighted by atomic mass is 10.1. The maximum Gasteiger partial charge on any atom is -0.00233 e. The Labute approximate surface area is 77.1 Å². The van der Waals surface area contributed by atoms with Crippen LogP contribution in [0.1, 0.15) is 33.6 Å². The summed E-state index contributed by atoms with van der Waals surface area (Å²) in [5.41, 5.74) is 0. The fraction of sp³-hybridized carbons (Fsp3) is 1.00. The van der Waals surface area contributed by atoms with Gasteiger partial charge in [0.15, 0.2) is 0 Å². The maximum atomic E-state index is 3.37. The van der Waals surface area contributed by atoms with Gasteiger partial charge in [0, 0.05) is 0 Å². The van der Waals surface area contributed by atoms with Gasteiger partial charge in [-0.3, -0.25) is 0 Å². The standard InChI is InChI=1S/C10H24N2/c1-4-11-8-6-7-10(3)9-12-5-2/h10-12H,4-9H2,1-3H3. The third kappa shape index (κ3) is 8.02. The highest BCUT2D eigenvalue weighted by Crippen LogP contribution is 2.02. The van der Waals surface area contributed by atoms with Crippen LogP contribution in [0.25, 0.3) is 0 Å². The molecular formula is C10H24N2. The topological polar surface area (TPSA) is 24.1 Å². The normalized spacial score (nSPS) is 13.2. The quantitative estimate of drug-likeness (QED) is 0.544. The largest absolute Gasteiger partial charge is 0.317 e. The SMILES string of the molecule is CCNCCCC(C)CNCC. The number of rotatable bonds is 8. The van der Waals surface area contributed by atoms with Crippen LogP contribution < -0.4 is 10.6 Å². The van der Waals surface area contributed by atoms with Gasteiger partial charge in [-0.15, -0.1) is 0 Å². The summed E-state index contributed by atoms with van der Waals surface area (Å²) in [5.74, 6) is 0.823. The lowest BCUT2D eigenvalue weighted by molar-refractivity contribution is 0.465. The van der Waals surface area contributed by atoms with Gasteiger partial charge in [0.05, 0.1) is 0 Å². The summed E-state index contributed by atoms with van der Waals surface area (Å²) >= 11 is 0. The highest BCUT2D eigenvalue weighted by Gasteiger charge is 1.99. The molecule has 0 amide bonds. The summed E-state index contributed by atoms with van der Waals surface area (Å²) in [6.07, 6.45) is 2.64. The van der Waals surface area contributed by atoms with Gasteiger partial charge in [0.2, 0.25) is 0 Å². The Morgan fingerprint density at radius 3 is 2.33 bits per heavy atom. The Kier molecular flexibility index (Phi) is 8.95. The molecule has 2 heteroatoms. The van der Waals surface area contributed by atoms with Gasteiger partial charge in [-0.05, 0) is 44.9 Å². The molecular weight excluding hydrogens is 148 g/mol. The third-order valence-electron chi connectivity index (χ3n) is 2.04. The van der Waals surface area contributed by atoms with E-state index in [9.17, 15) is 0 Å². The molecule has 0 spiro atoms. The van der Waals surface area contributed by atoms with Crippen LogP contribution in [0.4, 0.5) is 0 Å². The van der Waals surface area contributed by atoms with Crippen LogP contribution in [0.15, 0.2) is 0 Å². The number of hydrogen-bond acceptors (Lipinski definition) is 2. The summed E-state index contributed by atoms with van der Waals surface area (Å²) in [4.78, 5) is 0. The molecule has 0 rings (SSSR count). The van der Waals surface area contributed by atoms with Gasteiger partial charge in [0.25, 0.3) is 0 Å². The molecule has 0 aromatic carbocycles. The second kappa shape index (κ2) is 9.01. The van der Waals surface area contributed by atoms with Crippen LogP contribution in [0, 0.1) is 5.92 Å². The summed E-state index contributed by atoms with van der Waals surface area (Å²) in [6.45, 7) is 11.2. The van der Waals surface area contributed by atoms with Crippen molar-refractivity contribution in [1.82, 2.24) is 10.6 Å². The highest BCUT2D eigenvalue weighted by molar-refractivity contribution is 4.57. The summed E-state index contributed by atoms with van der Waals surface area (Å²) in [7, 11) is 0. The minimum Gasteiger partial charge on any atom is -0.317 e. The first kappa shape index (κ1) is 11.9. The van der Waals surface area contributed by atoms with Gasteiger partial charge in [-0.2, -0.15) is 0 Å². The first-order valence-electron chi connectivity index (χ1n) is 5.22. The zero-order valence-electron chi connectivity index (χ0n) is 8.82. The van der Waals surface area contributed by atoms with Crippen LogP contribution in [0.2, 0.25) is 0 Å². The van der Waals surface area contributed by atoms with Crippen molar-refractivity contribution in [2.24, 2.45) is 5.92 Å². The molecule has 2 nitrogen and oxygen atoms in total. The molecule has 0 radical (unpaired) electrons. The lowest BCUT2D eigenvalue weighted by Crippen LogP contribution is -2.22. The van der Waals surface area contributed by atoms with Crippen molar-refractivity contribution < 1.29 is 0 Å². The number of nitrogens with one attached hydrogen (secondary N) is 2. The van der Waals surface area contributed by atoms with E-state index in [1.807, 2.05) is 0 Å². The minimum absolute atomic E-state index is 0.823. The summed E-state index contributed by atoms with van der Waals surface area (Å²) in [6, 6.07) is 0. The Morgan fingerprint density at radius 1 is 1.08 bits per heavy atom. The average molecular weight is 172 g/mol. The molecule has 12 heavy (non-hydrogen) atoms. The molecule has 0 fully saturated rings. The molecule has 74 valence electrons. The van der Waals surface area contributed by atoms with Gasteiger partial charge >= 0.3 is 0 Å². The van der Waals surface area contributed by atoms with Crippen molar-refractivity contribution >= 4 is 0 Å². The third-order valence-corrected chi connectivity index (χ3v) is 2.04. The maximum absolute atomic E-state index is 3.37. The minimum atomic E-state index is 0.823. The zero-order chi connectivity index (χ0) is 9.23. The van der Waals surface area contributed by atoms with Crippen molar-refractivity contribution in [3.05, 3.63) is 0 Å². The predicted molar refractivity (Wildman–Crippen MR) is 55.5 cm³/mol. The van der Waals surface area contributed by atoms with Crippen molar-refractivity contribution in [2.75, 3.05) is 26.2 Å². The van der Waals surface area contributed by atoms with E-state index in [0.717, 1.165) is 19.0 Å². The Morgan fingerprint density at radius 2 is 1.75 bits per heavy atom. The first-order valence-corrected chi connectivity index (χ1v) is 5.22. The van der Waals surface area contributed by atoms with Gasteiger partial charge in [-0.1, -0.05) is 20.8 Å². The van der Waals surface area contributed by atoms with Crippen molar-refractivity contribution in [2.45, 2.75) is 33.6 Å². The van der Waals surface area contributed by atoms with E-state index in [2.05, 4.69) is 31.4 Å². The second-order valence-electron chi connectivity index (χ2n) is 3.41. The average Bonchev–Trinajstić information content (AvgIpc) is 2.09. The van der Waals surface area contributed by atoms with Crippen molar-refractivity contribution in [3.63, 3.8) is 0 Å². The monoisotopic (exact) mass is 172 g/mol. The fourth-order valence-corrected chi connectivity index (χ4v) is 1.25. The zero-order valence-corrected chi connectivity index (χ0v) is 8.82. The second-order valence-corrected chi connectivity index (χ2v) is 3.41. The molecule has 0 saturated heterocycles. The van der Waals surface area contributed by atoms with Crippen LogP contribution >= 0.6 is 0 Å². The van der Waals surface area contributed by atoms with E-state index in [4.69, 9.17) is 0 Å². The molecule has 0 bridgehead atoms. The van der Waals surface area contributed by atoms with E-state index in [1.54, 1.807) is 0 Å². The first-order chi connectivity index (χ1) is 5.81. The molecule has 2 N–H and O–H groups in total. The van der Waals surface area contributed by atoms with E-state index in [1.165, 1.54) is 25.9 Å². The van der Waals surface area contributed by atoms with Crippen LogP contribution in [-0.4, -0.2) is 26.2 Å². The molecule has 0 saturated carbocycles. The molecule has 0 heterocycles.